The average Bonchev–Trinajstić information content (AvgIpc) is 1.64. The molecule has 2 nitrogen and oxygen atoms in total. The summed E-state index contributed by atoms with van der Waals surface area (Å²) in [6.45, 7) is 7.31. The van der Waals surface area contributed by atoms with E-state index in [9.17, 15) is 4.21 Å². The minimum atomic E-state index is -2.34. The van der Waals surface area contributed by atoms with Gasteiger partial charge in [-0.25, -0.2) is 4.21 Å². The third-order valence-electron chi connectivity index (χ3n) is 1.40. The summed E-state index contributed by atoms with van der Waals surface area (Å²) in [6, 6.07) is 0. The van der Waals surface area contributed by atoms with Crippen molar-refractivity contribution in [3.8, 4) is 0 Å². The molecule has 0 aliphatic heterocycles. The zero-order valence-corrected chi connectivity index (χ0v) is 7.34. The van der Waals surface area contributed by atoms with Gasteiger partial charge in [0.15, 0.2) is 0 Å². The van der Waals surface area contributed by atoms with E-state index in [1.165, 1.54) is 0 Å². The number of nitrogens with one attached hydrogen (secondary N) is 1. The zero-order valence-electron chi connectivity index (χ0n) is 6.52. The van der Waals surface area contributed by atoms with Crippen LogP contribution in [0.3, 0.4) is 0 Å². The highest BCUT2D eigenvalue weighted by Crippen LogP contribution is 2.15. The molecule has 3 heteroatoms. The smallest absolute Gasteiger partial charge is 0.0488 e. The Bertz CT molecular complexity index is 174. The van der Waals surface area contributed by atoms with Gasteiger partial charge >= 0.3 is 0 Å². The maximum Gasteiger partial charge on any atom is 0.0488 e. The molecule has 0 spiro atoms. The van der Waals surface area contributed by atoms with Crippen molar-refractivity contribution in [3.63, 3.8) is 0 Å². The monoisotopic (exact) mass is 149 g/mol. The summed E-state index contributed by atoms with van der Waals surface area (Å²) in [4.78, 5) is 0. The lowest BCUT2D eigenvalue weighted by molar-refractivity contribution is 0.638. The van der Waals surface area contributed by atoms with Gasteiger partial charge in [0.25, 0.3) is 0 Å². The van der Waals surface area contributed by atoms with Crippen LogP contribution in [0.15, 0.2) is 0 Å². The van der Waals surface area contributed by atoms with E-state index in [1.807, 2.05) is 20.8 Å². The summed E-state index contributed by atoms with van der Waals surface area (Å²) in [6.07, 6.45) is 0. The number of hydrogen-bond acceptors (Lipinski definition) is 2. The molecule has 1 atom stereocenters. The van der Waals surface area contributed by atoms with Crippen LogP contribution in [0.25, 0.3) is 0 Å². The molecule has 0 amide bonds. The molecule has 1 N–H and O–H groups in total. The molecule has 0 radical (unpaired) electrons. The van der Waals surface area contributed by atoms with Gasteiger partial charge in [0.2, 0.25) is 0 Å². The first-order valence-corrected chi connectivity index (χ1v) is 4.80. The fourth-order valence-corrected chi connectivity index (χ4v) is 1.30. The molecule has 0 saturated heterocycles. The Morgan fingerprint density at radius 2 is 1.78 bits per heavy atom. The normalized spacial score (nSPS) is 19.1. The molecule has 9 heavy (non-hydrogen) atoms. The first-order chi connectivity index (χ1) is 3.81. The zero-order chi connectivity index (χ0) is 7.71. The van der Waals surface area contributed by atoms with Crippen LogP contribution in [0.4, 0.5) is 0 Å². The van der Waals surface area contributed by atoms with Crippen molar-refractivity contribution in [3.05, 3.63) is 0 Å². The summed E-state index contributed by atoms with van der Waals surface area (Å²) in [5.41, 5.74) is 0. The molecule has 0 unspecified atom stereocenters. The van der Waals surface area contributed by atoms with E-state index < -0.39 is 9.73 Å². The van der Waals surface area contributed by atoms with Crippen molar-refractivity contribution in [2.45, 2.75) is 32.4 Å². The van der Waals surface area contributed by atoms with Gasteiger partial charge in [-0.3, -0.25) is 4.78 Å². The molecule has 0 bridgehead atoms. The molecule has 0 heterocycles. The third-order valence-corrected chi connectivity index (χ3v) is 4.19. The lowest BCUT2D eigenvalue weighted by atomic mass is 10.3. The van der Waals surface area contributed by atoms with E-state index in [0.29, 0.717) is 5.75 Å². The molecule has 56 valence electrons. The second-order valence-electron chi connectivity index (χ2n) is 3.08. The molecule has 0 aromatic carbocycles. The topological polar surface area (TPSA) is 40.9 Å². The fourth-order valence-electron chi connectivity index (χ4n) is 0.433. The van der Waals surface area contributed by atoms with Crippen LogP contribution >= 0.6 is 0 Å². The van der Waals surface area contributed by atoms with Crippen molar-refractivity contribution in [2.24, 2.45) is 0 Å². The lowest BCUT2D eigenvalue weighted by Crippen LogP contribution is -2.28. The predicted octanol–water partition coefficient (Wildman–Crippen LogP) is 1.85. The van der Waals surface area contributed by atoms with E-state index in [2.05, 4.69) is 0 Å². The molecule has 0 aromatic heterocycles. The van der Waals surface area contributed by atoms with Crippen LogP contribution in [0.1, 0.15) is 27.7 Å². The second-order valence-corrected chi connectivity index (χ2v) is 6.23. The first-order valence-electron chi connectivity index (χ1n) is 3.07. The lowest BCUT2D eigenvalue weighted by Gasteiger charge is -2.20. The predicted molar refractivity (Wildman–Crippen MR) is 41.2 cm³/mol. The fraction of sp³-hybridized carbons (Fsp3) is 1.00. The molecular formula is C6H15NOS. The van der Waals surface area contributed by atoms with Crippen molar-refractivity contribution in [1.29, 1.82) is 4.78 Å². The van der Waals surface area contributed by atoms with Gasteiger partial charge in [-0.1, -0.05) is 6.92 Å². The average molecular weight is 149 g/mol. The van der Waals surface area contributed by atoms with Gasteiger partial charge in [0.05, 0.1) is 0 Å². The molecule has 0 fully saturated rings. The van der Waals surface area contributed by atoms with Crippen LogP contribution in [0, 0.1) is 4.78 Å². The highest BCUT2D eigenvalue weighted by atomic mass is 32.2. The van der Waals surface area contributed by atoms with E-state index in [-0.39, 0.29) is 4.75 Å². The Labute approximate surface area is 57.6 Å². The summed E-state index contributed by atoms with van der Waals surface area (Å²) < 4.78 is 18.2. The first kappa shape index (κ1) is 8.95. The molecule has 0 rings (SSSR count). The van der Waals surface area contributed by atoms with Crippen LogP contribution in [0.5, 0.6) is 0 Å². The van der Waals surface area contributed by atoms with Gasteiger partial charge in [-0.05, 0) is 20.8 Å². The van der Waals surface area contributed by atoms with Crippen molar-refractivity contribution in [1.82, 2.24) is 0 Å². The van der Waals surface area contributed by atoms with E-state index in [1.54, 1.807) is 6.92 Å². The Hall–Kier alpha value is -0.0500. The number of hydrogen-bond donors (Lipinski definition) is 1. The summed E-state index contributed by atoms with van der Waals surface area (Å²) in [7, 11) is -2.34. The number of rotatable bonds is 1. The van der Waals surface area contributed by atoms with E-state index in [0.717, 1.165) is 0 Å². The molecule has 0 aromatic rings. The molecule has 0 aliphatic rings. The van der Waals surface area contributed by atoms with E-state index >= 15 is 0 Å². The Morgan fingerprint density at radius 3 is 1.78 bits per heavy atom. The van der Waals surface area contributed by atoms with Gasteiger partial charge in [0, 0.05) is 20.2 Å². The maximum absolute atomic E-state index is 11.2. The van der Waals surface area contributed by atoms with E-state index in [4.69, 9.17) is 4.78 Å². The molecular weight excluding hydrogens is 134 g/mol. The molecule has 0 saturated carbocycles. The minimum absolute atomic E-state index is 0.359. The quantitative estimate of drug-likeness (QED) is 0.607. The van der Waals surface area contributed by atoms with Crippen LogP contribution in [0.2, 0.25) is 0 Å². The van der Waals surface area contributed by atoms with Crippen LogP contribution < -0.4 is 0 Å². The van der Waals surface area contributed by atoms with Crippen molar-refractivity contribution in [2.75, 3.05) is 5.75 Å². The SMILES string of the molecule is CC[S@@](=N)(=O)C(C)(C)C. The maximum atomic E-state index is 11.2. The second kappa shape index (κ2) is 2.29. The Balaban J connectivity index is 4.57. The largest absolute Gasteiger partial charge is 0.252 e. The third kappa shape index (κ3) is 1.97. The van der Waals surface area contributed by atoms with Crippen LogP contribution in [-0.4, -0.2) is 14.7 Å². The highest BCUT2D eigenvalue weighted by molar-refractivity contribution is 7.93. The standard InChI is InChI=1S/C6H15NOS/c1-5-9(7,8)6(2,3)4/h7H,5H2,1-4H3/t9-/m1/s1. The Morgan fingerprint density at radius 1 is 1.44 bits per heavy atom. The Kier molecular flexibility index (Phi) is 2.28. The van der Waals surface area contributed by atoms with Crippen LogP contribution in [-0.2, 0) is 9.73 Å². The van der Waals surface area contributed by atoms with Gasteiger partial charge in [-0.15, -0.1) is 0 Å². The summed E-state index contributed by atoms with van der Waals surface area (Å²) in [5.74, 6) is 0.455. The molecule has 0 aliphatic carbocycles. The minimum Gasteiger partial charge on any atom is -0.252 e. The summed E-state index contributed by atoms with van der Waals surface area (Å²) in [5, 5.41) is 0. The van der Waals surface area contributed by atoms with Gasteiger partial charge < -0.3 is 0 Å². The van der Waals surface area contributed by atoms with Crippen molar-refractivity contribution < 1.29 is 4.21 Å². The van der Waals surface area contributed by atoms with Gasteiger partial charge in [-0.2, -0.15) is 0 Å². The summed E-state index contributed by atoms with van der Waals surface area (Å²) >= 11 is 0. The van der Waals surface area contributed by atoms with Crippen molar-refractivity contribution >= 4 is 9.73 Å². The van der Waals surface area contributed by atoms with Gasteiger partial charge in [0.1, 0.15) is 0 Å². The highest BCUT2D eigenvalue weighted by Gasteiger charge is 2.22.